The molecule has 0 heterocycles. The van der Waals surface area contributed by atoms with Gasteiger partial charge in [0, 0.05) is 17.1 Å². The van der Waals surface area contributed by atoms with E-state index >= 15 is 0 Å². The van der Waals surface area contributed by atoms with Gasteiger partial charge in [-0.3, -0.25) is 0 Å². The maximum Gasteiger partial charge on any atom is 0.315 e. The van der Waals surface area contributed by atoms with Crippen molar-refractivity contribution >= 4 is 22.0 Å². The summed E-state index contributed by atoms with van der Waals surface area (Å²) >= 11 is 3.41. The molecule has 2 N–H and O–H groups in total. The van der Waals surface area contributed by atoms with Gasteiger partial charge in [-0.15, -0.1) is 0 Å². The molecule has 21 heavy (non-hydrogen) atoms. The summed E-state index contributed by atoms with van der Waals surface area (Å²) in [6, 6.07) is 8.26. The molecule has 0 aromatic heterocycles. The second-order valence-corrected chi connectivity index (χ2v) is 7.50. The van der Waals surface area contributed by atoms with Gasteiger partial charge in [0.1, 0.15) is 0 Å². The van der Waals surface area contributed by atoms with Crippen molar-refractivity contribution in [2.45, 2.75) is 45.2 Å². The molecule has 4 unspecified atom stereocenters. The van der Waals surface area contributed by atoms with Crippen molar-refractivity contribution in [2.24, 2.45) is 17.8 Å². The predicted octanol–water partition coefficient (Wildman–Crippen LogP) is 4.07. The molecule has 2 aliphatic carbocycles. The Morgan fingerprint density at radius 1 is 1.29 bits per heavy atom. The minimum absolute atomic E-state index is 0.0480. The number of rotatable bonds is 4. The first-order valence-electron chi connectivity index (χ1n) is 7.90. The van der Waals surface area contributed by atoms with Gasteiger partial charge in [0.25, 0.3) is 0 Å². The van der Waals surface area contributed by atoms with Gasteiger partial charge in [0.2, 0.25) is 0 Å². The highest BCUT2D eigenvalue weighted by Crippen LogP contribution is 2.49. The Hall–Kier alpha value is -1.03. The van der Waals surface area contributed by atoms with Crippen molar-refractivity contribution < 1.29 is 4.79 Å². The fraction of sp³-hybridized carbons (Fsp3) is 0.588. The van der Waals surface area contributed by atoms with Gasteiger partial charge < -0.3 is 10.6 Å². The minimum Gasteiger partial charge on any atom is -0.335 e. The van der Waals surface area contributed by atoms with Crippen LogP contribution in [0.4, 0.5) is 4.79 Å². The minimum atomic E-state index is -0.0480. The molecular weight excluding hydrogens is 328 g/mol. The van der Waals surface area contributed by atoms with Crippen LogP contribution in [0.2, 0.25) is 0 Å². The number of fused-ring (bicyclic) bond motifs is 2. The van der Waals surface area contributed by atoms with Gasteiger partial charge in [-0.25, -0.2) is 4.79 Å². The second-order valence-electron chi connectivity index (χ2n) is 6.58. The Labute approximate surface area is 135 Å². The summed E-state index contributed by atoms with van der Waals surface area (Å²) in [5, 5.41) is 6.08. The van der Waals surface area contributed by atoms with Crippen molar-refractivity contribution in [1.29, 1.82) is 0 Å². The van der Waals surface area contributed by atoms with Crippen molar-refractivity contribution in [1.82, 2.24) is 10.6 Å². The van der Waals surface area contributed by atoms with Gasteiger partial charge in [-0.05, 0) is 61.6 Å². The van der Waals surface area contributed by atoms with Crippen LogP contribution in [0.5, 0.6) is 0 Å². The van der Waals surface area contributed by atoms with Crippen molar-refractivity contribution in [3.63, 3.8) is 0 Å². The molecule has 2 aliphatic rings. The number of benzene rings is 1. The van der Waals surface area contributed by atoms with E-state index < -0.39 is 0 Å². The molecule has 0 saturated heterocycles. The molecule has 114 valence electrons. The summed E-state index contributed by atoms with van der Waals surface area (Å²) in [4.78, 5) is 12.0. The number of hydrogen-bond acceptors (Lipinski definition) is 1. The second kappa shape index (κ2) is 6.39. The maximum absolute atomic E-state index is 12.0. The Bertz CT molecular complexity index is 502. The highest BCUT2D eigenvalue weighted by atomic mass is 79.9. The zero-order chi connectivity index (χ0) is 14.8. The first-order valence-corrected chi connectivity index (χ1v) is 8.70. The van der Waals surface area contributed by atoms with Crippen LogP contribution in [-0.4, -0.2) is 12.1 Å². The van der Waals surface area contributed by atoms with Gasteiger partial charge in [-0.1, -0.05) is 34.5 Å². The largest absolute Gasteiger partial charge is 0.335 e. The van der Waals surface area contributed by atoms with Crippen LogP contribution in [0, 0.1) is 17.8 Å². The number of carbonyl (C=O) groups is 1. The summed E-state index contributed by atoms with van der Waals surface area (Å²) in [6.07, 6.45) is 5.46. The lowest BCUT2D eigenvalue weighted by atomic mass is 9.84. The predicted molar refractivity (Wildman–Crippen MR) is 87.9 cm³/mol. The quantitative estimate of drug-likeness (QED) is 0.844. The van der Waals surface area contributed by atoms with E-state index in [0.717, 1.165) is 21.9 Å². The third-order valence-electron chi connectivity index (χ3n) is 5.16. The Morgan fingerprint density at radius 2 is 2.05 bits per heavy atom. The maximum atomic E-state index is 12.0. The molecule has 0 radical (unpaired) electrons. The van der Waals surface area contributed by atoms with Gasteiger partial charge >= 0.3 is 6.03 Å². The van der Waals surface area contributed by atoms with Crippen LogP contribution < -0.4 is 10.6 Å². The third kappa shape index (κ3) is 3.60. The molecule has 2 amide bonds. The molecule has 2 fully saturated rings. The SMILES string of the molecule is CC(NC(=O)NCc1ccc(Br)cc1)C1CC2CCC1C2. The molecule has 1 aromatic rings. The summed E-state index contributed by atoms with van der Waals surface area (Å²) in [5.74, 6) is 2.45. The van der Waals surface area contributed by atoms with E-state index in [1.54, 1.807) is 0 Å². The average Bonchev–Trinajstić information content (AvgIpc) is 3.09. The molecule has 0 aliphatic heterocycles. The summed E-state index contributed by atoms with van der Waals surface area (Å²) in [5.41, 5.74) is 1.11. The number of nitrogens with one attached hydrogen (secondary N) is 2. The summed E-state index contributed by atoms with van der Waals surface area (Å²) in [6.45, 7) is 2.73. The summed E-state index contributed by atoms with van der Waals surface area (Å²) in [7, 11) is 0. The van der Waals surface area contributed by atoms with Crippen LogP contribution in [-0.2, 0) is 6.54 Å². The number of amides is 2. The van der Waals surface area contributed by atoms with Crippen LogP contribution in [0.25, 0.3) is 0 Å². The number of urea groups is 1. The number of carbonyl (C=O) groups excluding carboxylic acids is 1. The van der Waals surface area contributed by atoms with E-state index in [2.05, 4.69) is 33.5 Å². The van der Waals surface area contributed by atoms with E-state index in [1.807, 2.05) is 24.3 Å². The van der Waals surface area contributed by atoms with Crippen molar-refractivity contribution in [3.05, 3.63) is 34.3 Å². The number of hydrogen-bond donors (Lipinski definition) is 2. The molecule has 4 atom stereocenters. The van der Waals surface area contributed by atoms with E-state index in [9.17, 15) is 4.79 Å². The fourth-order valence-electron chi connectivity index (χ4n) is 4.06. The molecule has 2 saturated carbocycles. The van der Waals surface area contributed by atoms with Crippen LogP contribution in [0.3, 0.4) is 0 Å². The first-order chi connectivity index (χ1) is 10.1. The standard InChI is InChI=1S/C17H23BrN2O/c1-11(16-9-13-2-5-14(16)8-13)20-17(21)19-10-12-3-6-15(18)7-4-12/h3-4,6-7,11,13-14,16H,2,5,8-10H2,1H3,(H2,19,20,21). The van der Waals surface area contributed by atoms with Gasteiger partial charge in [-0.2, -0.15) is 0 Å². The Morgan fingerprint density at radius 3 is 2.67 bits per heavy atom. The molecule has 0 spiro atoms. The van der Waals surface area contributed by atoms with Crippen molar-refractivity contribution in [2.75, 3.05) is 0 Å². The fourth-order valence-corrected chi connectivity index (χ4v) is 4.32. The molecular formula is C17H23BrN2O. The molecule has 3 rings (SSSR count). The lowest BCUT2D eigenvalue weighted by molar-refractivity contribution is 0.220. The zero-order valence-electron chi connectivity index (χ0n) is 12.4. The summed E-state index contributed by atoms with van der Waals surface area (Å²) < 4.78 is 1.06. The topological polar surface area (TPSA) is 41.1 Å². The van der Waals surface area contributed by atoms with E-state index in [-0.39, 0.29) is 12.1 Å². The average molecular weight is 351 g/mol. The lowest BCUT2D eigenvalue weighted by Gasteiger charge is -2.28. The third-order valence-corrected chi connectivity index (χ3v) is 5.69. The van der Waals surface area contributed by atoms with Crippen molar-refractivity contribution in [3.8, 4) is 0 Å². The highest BCUT2D eigenvalue weighted by molar-refractivity contribution is 9.10. The molecule has 3 nitrogen and oxygen atoms in total. The Balaban J connectivity index is 1.44. The molecule has 4 heteroatoms. The lowest BCUT2D eigenvalue weighted by Crippen LogP contribution is -2.45. The van der Waals surface area contributed by atoms with E-state index in [0.29, 0.717) is 12.5 Å². The normalized spacial score (nSPS) is 28.4. The van der Waals surface area contributed by atoms with Crippen LogP contribution in [0.1, 0.15) is 38.2 Å². The molecule has 1 aromatic carbocycles. The van der Waals surface area contributed by atoms with Gasteiger partial charge in [0.15, 0.2) is 0 Å². The zero-order valence-corrected chi connectivity index (χ0v) is 14.0. The van der Waals surface area contributed by atoms with E-state index in [1.165, 1.54) is 25.7 Å². The van der Waals surface area contributed by atoms with Crippen LogP contribution in [0.15, 0.2) is 28.7 Å². The van der Waals surface area contributed by atoms with Crippen LogP contribution >= 0.6 is 15.9 Å². The van der Waals surface area contributed by atoms with E-state index in [4.69, 9.17) is 0 Å². The Kier molecular flexibility index (Phi) is 4.53. The van der Waals surface area contributed by atoms with Gasteiger partial charge in [0.05, 0.1) is 0 Å². The first kappa shape index (κ1) is 14.9. The number of halogens is 1. The highest BCUT2D eigenvalue weighted by Gasteiger charge is 2.42. The smallest absolute Gasteiger partial charge is 0.315 e. The monoisotopic (exact) mass is 350 g/mol. The molecule has 2 bridgehead atoms.